The van der Waals surface area contributed by atoms with Gasteiger partial charge in [-0.05, 0) is 31.0 Å². The fourth-order valence-electron chi connectivity index (χ4n) is 3.47. The van der Waals surface area contributed by atoms with E-state index in [-0.39, 0.29) is 0 Å². The van der Waals surface area contributed by atoms with Gasteiger partial charge in [0, 0.05) is 11.6 Å². The lowest BCUT2D eigenvalue weighted by molar-refractivity contribution is 0.290. The first-order valence-electron chi connectivity index (χ1n) is 12.0. The van der Waals surface area contributed by atoms with Crippen LogP contribution in [0.5, 0.6) is 11.6 Å². The van der Waals surface area contributed by atoms with Gasteiger partial charge >= 0.3 is 0 Å². The fourth-order valence-corrected chi connectivity index (χ4v) is 3.47. The van der Waals surface area contributed by atoms with Crippen molar-refractivity contribution in [2.24, 2.45) is 0 Å². The van der Waals surface area contributed by atoms with E-state index in [2.05, 4.69) is 24.0 Å². The summed E-state index contributed by atoms with van der Waals surface area (Å²) in [6.45, 7) is 5.94. The maximum Gasteiger partial charge on any atom is 0.233 e. The fraction of sp³-hybridized carbons (Fsp3) is 0.615. The number of rotatable bonds is 17. The Balaban J connectivity index is 1.76. The van der Waals surface area contributed by atoms with Crippen LogP contribution < -0.4 is 9.47 Å². The smallest absolute Gasteiger partial charge is 0.233 e. The van der Waals surface area contributed by atoms with E-state index < -0.39 is 0 Å². The minimum Gasteiger partial charge on any atom is -0.493 e. The second-order valence-corrected chi connectivity index (χ2v) is 7.99. The molecule has 0 radical (unpaired) electrons. The average Bonchev–Trinajstić information content (AvgIpc) is 2.79. The summed E-state index contributed by atoms with van der Waals surface area (Å²) in [6, 6.07) is 11.9. The summed E-state index contributed by atoms with van der Waals surface area (Å²) in [5, 5.41) is 8.63. The van der Waals surface area contributed by atoms with Crippen LogP contribution in [0.4, 0.5) is 0 Å². The van der Waals surface area contributed by atoms with Gasteiger partial charge in [-0.2, -0.15) is 0 Å². The van der Waals surface area contributed by atoms with Gasteiger partial charge in [-0.15, -0.1) is 10.2 Å². The Morgan fingerprint density at radius 1 is 0.600 bits per heavy atom. The maximum absolute atomic E-state index is 6.05. The maximum atomic E-state index is 6.05. The van der Waals surface area contributed by atoms with Crippen LogP contribution in [0.15, 0.2) is 36.4 Å². The Labute approximate surface area is 183 Å². The second kappa shape index (κ2) is 15.7. The van der Waals surface area contributed by atoms with Crippen LogP contribution >= 0.6 is 0 Å². The molecule has 166 valence electrons. The van der Waals surface area contributed by atoms with Crippen molar-refractivity contribution < 1.29 is 9.47 Å². The van der Waals surface area contributed by atoms with Gasteiger partial charge in [0.1, 0.15) is 5.75 Å². The molecule has 1 aromatic carbocycles. The number of hydrogen-bond acceptors (Lipinski definition) is 4. The number of benzene rings is 1. The van der Waals surface area contributed by atoms with E-state index in [0.717, 1.165) is 36.5 Å². The van der Waals surface area contributed by atoms with Crippen molar-refractivity contribution in [3.8, 4) is 22.9 Å². The number of aromatic nitrogens is 2. The summed E-state index contributed by atoms with van der Waals surface area (Å²) in [7, 11) is 0. The van der Waals surface area contributed by atoms with Crippen LogP contribution in [0.2, 0.25) is 0 Å². The Morgan fingerprint density at radius 3 is 1.83 bits per heavy atom. The average molecular weight is 413 g/mol. The normalized spacial score (nSPS) is 10.9. The summed E-state index contributed by atoms with van der Waals surface area (Å²) in [4.78, 5) is 0. The highest BCUT2D eigenvalue weighted by molar-refractivity contribution is 5.66. The van der Waals surface area contributed by atoms with Gasteiger partial charge in [0.25, 0.3) is 0 Å². The van der Waals surface area contributed by atoms with E-state index in [1.807, 2.05) is 36.4 Å². The molecule has 0 saturated carbocycles. The quantitative estimate of drug-likeness (QED) is 0.251. The zero-order valence-corrected chi connectivity index (χ0v) is 19.1. The molecule has 0 fully saturated rings. The molecule has 0 amide bonds. The molecule has 30 heavy (non-hydrogen) atoms. The van der Waals surface area contributed by atoms with Crippen LogP contribution in [-0.2, 0) is 0 Å². The third-order valence-electron chi connectivity index (χ3n) is 5.31. The zero-order chi connectivity index (χ0) is 21.3. The summed E-state index contributed by atoms with van der Waals surface area (Å²) < 4.78 is 11.8. The van der Waals surface area contributed by atoms with Crippen molar-refractivity contribution in [2.45, 2.75) is 90.9 Å². The van der Waals surface area contributed by atoms with Gasteiger partial charge in [0.2, 0.25) is 5.88 Å². The van der Waals surface area contributed by atoms with Gasteiger partial charge in [-0.1, -0.05) is 90.2 Å². The first-order chi connectivity index (χ1) is 14.8. The van der Waals surface area contributed by atoms with Gasteiger partial charge < -0.3 is 9.47 Å². The van der Waals surface area contributed by atoms with E-state index in [1.165, 1.54) is 64.2 Å². The molecule has 0 saturated heterocycles. The number of para-hydroxylation sites is 1. The van der Waals surface area contributed by atoms with E-state index in [9.17, 15) is 0 Å². The highest BCUT2D eigenvalue weighted by atomic mass is 16.5. The minimum absolute atomic E-state index is 0.595. The molecule has 2 aromatic rings. The van der Waals surface area contributed by atoms with Crippen LogP contribution in [0.25, 0.3) is 11.3 Å². The van der Waals surface area contributed by atoms with E-state index >= 15 is 0 Å². The van der Waals surface area contributed by atoms with Crippen LogP contribution in [0.3, 0.4) is 0 Å². The van der Waals surface area contributed by atoms with Crippen LogP contribution in [0.1, 0.15) is 90.9 Å². The van der Waals surface area contributed by atoms with Crippen molar-refractivity contribution in [3.63, 3.8) is 0 Å². The highest BCUT2D eigenvalue weighted by Crippen LogP contribution is 2.28. The lowest BCUT2D eigenvalue weighted by Gasteiger charge is -2.11. The molecule has 0 bridgehead atoms. The van der Waals surface area contributed by atoms with E-state index in [0.29, 0.717) is 12.5 Å². The van der Waals surface area contributed by atoms with Gasteiger partial charge in [-0.25, -0.2) is 0 Å². The SMILES string of the molecule is CCCCCCCCOc1ccc(-c2ccccc2OCCCCCCCC)nn1. The molecule has 1 heterocycles. The lowest BCUT2D eigenvalue weighted by atomic mass is 10.1. The van der Waals surface area contributed by atoms with Gasteiger partial charge in [0.05, 0.1) is 18.9 Å². The topological polar surface area (TPSA) is 44.2 Å². The number of hydrogen-bond donors (Lipinski definition) is 0. The third-order valence-corrected chi connectivity index (χ3v) is 5.31. The van der Waals surface area contributed by atoms with Gasteiger partial charge in [0.15, 0.2) is 0 Å². The summed E-state index contributed by atoms with van der Waals surface area (Å²) in [5.74, 6) is 1.47. The predicted molar refractivity (Wildman–Crippen MR) is 125 cm³/mol. The summed E-state index contributed by atoms with van der Waals surface area (Å²) in [5.41, 5.74) is 1.80. The molecule has 0 spiro atoms. The summed E-state index contributed by atoms with van der Waals surface area (Å²) >= 11 is 0. The van der Waals surface area contributed by atoms with Crippen molar-refractivity contribution >= 4 is 0 Å². The Morgan fingerprint density at radius 2 is 1.20 bits per heavy atom. The molecule has 0 aliphatic heterocycles. The second-order valence-electron chi connectivity index (χ2n) is 7.99. The minimum atomic E-state index is 0.595. The summed E-state index contributed by atoms with van der Waals surface area (Å²) in [6.07, 6.45) is 15.1. The number of ether oxygens (including phenoxy) is 2. The van der Waals surface area contributed by atoms with Crippen molar-refractivity contribution in [3.05, 3.63) is 36.4 Å². The molecule has 0 unspecified atom stereocenters. The highest BCUT2D eigenvalue weighted by Gasteiger charge is 2.08. The Bertz CT molecular complexity index is 673. The largest absolute Gasteiger partial charge is 0.493 e. The molecule has 0 aliphatic carbocycles. The molecule has 0 aliphatic rings. The molecule has 0 atom stereocenters. The third kappa shape index (κ3) is 9.60. The van der Waals surface area contributed by atoms with E-state index in [1.54, 1.807) is 0 Å². The van der Waals surface area contributed by atoms with E-state index in [4.69, 9.17) is 9.47 Å². The molecular formula is C26H40N2O2. The van der Waals surface area contributed by atoms with Crippen molar-refractivity contribution in [2.75, 3.05) is 13.2 Å². The van der Waals surface area contributed by atoms with Crippen molar-refractivity contribution in [1.82, 2.24) is 10.2 Å². The molecule has 4 heteroatoms. The first kappa shape index (κ1) is 24.2. The lowest BCUT2D eigenvalue weighted by Crippen LogP contribution is -2.02. The van der Waals surface area contributed by atoms with Crippen LogP contribution in [-0.4, -0.2) is 23.4 Å². The Kier molecular flexibility index (Phi) is 12.7. The molecular weight excluding hydrogens is 372 g/mol. The first-order valence-corrected chi connectivity index (χ1v) is 12.0. The molecule has 1 aromatic heterocycles. The Hall–Kier alpha value is -2.10. The monoisotopic (exact) mass is 412 g/mol. The molecule has 4 nitrogen and oxygen atoms in total. The predicted octanol–water partition coefficient (Wildman–Crippen LogP) is 7.62. The van der Waals surface area contributed by atoms with Gasteiger partial charge in [-0.3, -0.25) is 0 Å². The number of unbranched alkanes of at least 4 members (excludes halogenated alkanes) is 10. The number of nitrogens with zero attached hydrogens (tertiary/aromatic N) is 2. The standard InChI is InChI=1S/C26H40N2O2/c1-3-5-7-9-11-15-21-29-25-18-14-13-17-23(25)24-19-20-26(28-27-24)30-22-16-12-10-8-6-4-2/h13-14,17-20H,3-12,15-16,21-22H2,1-2H3. The van der Waals surface area contributed by atoms with Crippen molar-refractivity contribution in [1.29, 1.82) is 0 Å². The van der Waals surface area contributed by atoms with Crippen LogP contribution in [0, 0.1) is 0 Å². The molecule has 0 N–H and O–H groups in total. The molecule has 2 rings (SSSR count). The zero-order valence-electron chi connectivity index (χ0n) is 19.1.